The Morgan fingerprint density at radius 1 is 1.28 bits per heavy atom. The molecular formula is C14H20N4. The van der Waals surface area contributed by atoms with Gasteiger partial charge in [0.15, 0.2) is 5.82 Å². The van der Waals surface area contributed by atoms with E-state index in [1.807, 2.05) is 12.1 Å². The maximum Gasteiger partial charge on any atom is 0.159 e. The van der Waals surface area contributed by atoms with Gasteiger partial charge in [-0.1, -0.05) is 24.3 Å². The maximum absolute atomic E-state index is 5.60. The molecular weight excluding hydrogens is 224 g/mol. The number of nitrogens with zero attached hydrogens (tertiary/aromatic N) is 3. The number of anilines is 1. The first-order valence-electron chi connectivity index (χ1n) is 6.41. The smallest absolute Gasteiger partial charge is 0.159 e. The second-order valence-electron chi connectivity index (χ2n) is 4.68. The molecule has 0 amide bonds. The number of aromatic nitrogens is 2. The lowest BCUT2D eigenvalue weighted by molar-refractivity contribution is 0.647. The van der Waals surface area contributed by atoms with Crippen LogP contribution >= 0.6 is 0 Å². The van der Waals surface area contributed by atoms with Crippen molar-refractivity contribution in [2.45, 2.75) is 26.3 Å². The first-order valence-corrected chi connectivity index (χ1v) is 6.41. The Bertz CT molecular complexity index is 505. The van der Waals surface area contributed by atoms with Crippen molar-refractivity contribution in [1.29, 1.82) is 0 Å². The molecule has 2 rings (SSSR count). The predicted molar refractivity (Wildman–Crippen MR) is 75.7 cm³/mol. The number of benzene rings is 1. The molecule has 4 heteroatoms. The van der Waals surface area contributed by atoms with Crippen LogP contribution in [0.3, 0.4) is 0 Å². The molecule has 2 aromatic rings. The molecule has 0 saturated heterocycles. The van der Waals surface area contributed by atoms with Crippen molar-refractivity contribution in [3.05, 3.63) is 30.5 Å². The highest BCUT2D eigenvalue weighted by Crippen LogP contribution is 2.24. The average Bonchev–Trinajstić information content (AvgIpc) is 2.39. The summed E-state index contributed by atoms with van der Waals surface area (Å²) in [6.45, 7) is 5.94. The minimum absolute atomic E-state index is 0.386. The molecule has 0 unspecified atom stereocenters. The van der Waals surface area contributed by atoms with Gasteiger partial charge < -0.3 is 10.6 Å². The number of rotatable bonds is 5. The van der Waals surface area contributed by atoms with Gasteiger partial charge in [-0.15, -0.1) is 5.10 Å². The van der Waals surface area contributed by atoms with E-state index in [-0.39, 0.29) is 0 Å². The van der Waals surface area contributed by atoms with Gasteiger partial charge in [-0.25, -0.2) is 0 Å². The molecule has 0 radical (unpaired) electrons. The van der Waals surface area contributed by atoms with Gasteiger partial charge in [0.25, 0.3) is 0 Å². The van der Waals surface area contributed by atoms with Gasteiger partial charge in [0, 0.05) is 23.4 Å². The van der Waals surface area contributed by atoms with Crippen LogP contribution < -0.4 is 10.6 Å². The van der Waals surface area contributed by atoms with Crippen LogP contribution in [-0.4, -0.2) is 29.3 Å². The van der Waals surface area contributed by atoms with E-state index >= 15 is 0 Å². The number of fused-ring (bicyclic) bond motifs is 1. The largest absolute Gasteiger partial charge is 0.352 e. The van der Waals surface area contributed by atoms with Gasteiger partial charge in [-0.05, 0) is 26.8 Å². The Kier molecular flexibility index (Phi) is 4.10. The molecule has 2 N–H and O–H groups in total. The lowest BCUT2D eigenvalue weighted by Crippen LogP contribution is -2.33. The second kappa shape index (κ2) is 5.78. The highest BCUT2D eigenvalue weighted by atomic mass is 15.3. The van der Waals surface area contributed by atoms with E-state index in [2.05, 4.69) is 41.1 Å². The molecule has 1 heterocycles. The zero-order chi connectivity index (χ0) is 13.0. The fraction of sp³-hybridized carbons (Fsp3) is 0.429. The van der Waals surface area contributed by atoms with Crippen LogP contribution in [0, 0.1) is 0 Å². The highest BCUT2D eigenvalue weighted by Gasteiger charge is 2.14. The van der Waals surface area contributed by atoms with Gasteiger partial charge in [-0.2, -0.15) is 5.10 Å². The monoisotopic (exact) mass is 244 g/mol. The van der Waals surface area contributed by atoms with Crippen LogP contribution in [0.15, 0.2) is 30.5 Å². The highest BCUT2D eigenvalue weighted by molar-refractivity contribution is 5.91. The van der Waals surface area contributed by atoms with Crippen LogP contribution in [0.25, 0.3) is 10.8 Å². The van der Waals surface area contributed by atoms with Crippen molar-refractivity contribution in [3.8, 4) is 0 Å². The first-order chi connectivity index (χ1) is 8.74. The summed E-state index contributed by atoms with van der Waals surface area (Å²) in [5, 5.41) is 10.7. The molecule has 0 aliphatic rings. The molecule has 0 bridgehead atoms. The number of hydrogen-bond donors (Lipinski definition) is 1. The minimum Gasteiger partial charge on any atom is -0.352 e. The fourth-order valence-electron chi connectivity index (χ4n) is 2.10. The summed E-state index contributed by atoms with van der Waals surface area (Å²) in [5.41, 5.74) is 5.60. The summed E-state index contributed by atoms with van der Waals surface area (Å²) >= 11 is 0. The molecule has 0 fully saturated rings. The lowest BCUT2D eigenvalue weighted by atomic mass is 10.1. The molecule has 0 aliphatic heterocycles. The Morgan fingerprint density at radius 2 is 2.06 bits per heavy atom. The second-order valence-corrected chi connectivity index (χ2v) is 4.68. The van der Waals surface area contributed by atoms with E-state index < -0.39 is 0 Å². The van der Waals surface area contributed by atoms with Crippen LogP contribution in [0.4, 0.5) is 5.82 Å². The van der Waals surface area contributed by atoms with Crippen molar-refractivity contribution in [2.75, 3.05) is 18.0 Å². The molecule has 1 aromatic carbocycles. The van der Waals surface area contributed by atoms with E-state index in [1.54, 1.807) is 6.20 Å². The molecule has 0 aliphatic carbocycles. The predicted octanol–water partition coefficient (Wildman–Crippen LogP) is 2.19. The lowest BCUT2D eigenvalue weighted by Gasteiger charge is -2.28. The van der Waals surface area contributed by atoms with Crippen molar-refractivity contribution >= 4 is 16.6 Å². The minimum atomic E-state index is 0.386. The molecule has 0 spiro atoms. The van der Waals surface area contributed by atoms with Crippen molar-refractivity contribution in [1.82, 2.24) is 10.2 Å². The summed E-state index contributed by atoms with van der Waals surface area (Å²) in [7, 11) is 0. The van der Waals surface area contributed by atoms with E-state index in [9.17, 15) is 0 Å². The summed E-state index contributed by atoms with van der Waals surface area (Å²) in [5.74, 6) is 0.955. The molecule has 1 aromatic heterocycles. The quantitative estimate of drug-likeness (QED) is 0.876. The van der Waals surface area contributed by atoms with Crippen molar-refractivity contribution < 1.29 is 0 Å². The van der Waals surface area contributed by atoms with Crippen LogP contribution in [0.1, 0.15) is 20.3 Å². The summed E-state index contributed by atoms with van der Waals surface area (Å²) in [6.07, 6.45) is 2.77. The van der Waals surface area contributed by atoms with Gasteiger partial charge in [-0.3, -0.25) is 0 Å². The Hall–Kier alpha value is -1.68. The third-order valence-electron chi connectivity index (χ3n) is 3.05. The van der Waals surface area contributed by atoms with Gasteiger partial charge in [0.2, 0.25) is 0 Å². The van der Waals surface area contributed by atoms with Crippen LogP contribution in [0.2, 0.25) is 0 Å². The van der Waals surface area contributed by atoms with Crippen molar-refractivity contribution in [3.63, 3.8) is 0 Å². The molecule has 18 heavy (non-hydrogen) atoms. The topological polar surface area (TPSA) is 55.0 Å². The number of nitrogens with two attached hydrogens (primary N) is 1. The summed E-state index contributed by atoms with van der Waals surface area (Å²) in [6, 6.07) is 8.60. The van der Waals surface area contributed by atoms with Gasteiger partial charge >= 0.3 is 0 Å². The van der Waals surface area contributed by atoms with Crippen molar-refractivity contribution in [2.24, 2.45) is 5.73 Å². The van der Waals surface area contributed by atoms with E-state index in [4.69, 9.17) is 5.73 Å². The molecule has 0 atom stereocenters. The maximum atomic E-state index is 5.60. The Balaban J connectivity index is 2.43. The normalized spacial score (nSPS) is 11.1. The van der Waals surface area contributed by atoms with E-state index in [1.165, 1.54) is 0 Å². The van der Waals surface area contributed by atoms with Gasteiger partial charge in [0.05, 0.1) is 6.20 Å². The van der Waals surface area contributed by atoms with Gasteiger partial charge in [0.1, 0.15) is 0 Å². The molecule has 96 valence electrons. The first kappa shape index (κ1) is 12.8. The third kappa shape index (κ3) is 2.59. The standard InChI is InChI=1S/C14H20N4/c1-11(2)18(9-5-8-15)14-13-7-4-3-6-12(13)10-16-17-14/h3-4,6-7,10-11H,5,8-9,15H2,1-2H3. The Labute approximate surface area is 108 Å². The van der Waals surface area contributed by atoms with E-state index in [0.717, 1.165) is 29.6 Å². The van der Waals surface area contributed by atoms with Crippen LogP contribution in [-0.2, 0) is 0 Å². The van der Waals surface area contributed by atoms with E-state index in [0.29, 0.717) is 12.6 Å². The third-order valence-corrected chi connectivity index (χ3v) is 3.05. The fourth-order valence-corrected chi connectivity index (χ4v) is 2.10. The summed E-state index contributed by atoms with van der Waals surface area (Å²) in [4.78, 5) is 2.27. The average molecular weight is 244 g/mol. The molecule has 0 saturated carbocycles. The summed E-state index contributed by atoms with van der Waals surface area (Å²) < 4.78 is 0. The zero-order valence-electron chi connectivity index (χ0n) is 11.0. The molecule has 4 nitrogen and oxygen atoms in total. The SMILES string of the molecule is CC(C)N(CCCN)c1nncc2ccccc12. The van der Waals surface area contributed by atoms with Crippen LogP contribution in [0.5, 0.6) is 0 Å². The number of hydrogen-bond acceptors (Lipinski definition) is 4. The zero-order valence-corrected chi connectivity index (χ0v) is 11.0. The Morgan fingerprint density at radius 3 is 2.78 bits per heavy atom.